The molecule has 5 N–H and O–H groups in total. The summed E-state index contributed by atoms with van der Waals surface area (Å²) in [5, 5.41) is 37.0. The Morgan fingerprint density at radius 2 is 1.51 bits per heavy atom. The molecule has 0 aliphatic heterocycles. The second-order valence-electron chi connectivity index (χ2n) is 23.5. The summed E-state index contributed by atoms with van der Waals surface area (Å²) in [6, 6.07) is 9.94. The molecule has 0 saturated heterocycles. The zero-order valence-corrected chi connectivity index (χ0v) is 47.9. The fourth-order valence-corrected chi connectivity index (χ4v) is 13.4. The molecule has 3 amide bonds. The summed E-state index contributed by atoms with van der Waals surface area (Å²) in [7, 11) is 2.96. The van der Waals surface area contributed by atoms with Crippen molar-refractivity contribution in [1.82, 2.24) is 30.9 Å². The minimum absolute atomic E-state index is 0.00734. The van der Waals surface area contributed by atoms with E-state index in [2.05, 4.69) is 67.0 Å². The Morgan fingerprint density at radius 1 is 0.797 bits per heavy atom. The molecule has 7 rings (SSSR count). The lowest BCUT2D eigenvalue weighted by Crippen LogP contribution is -2.51. The Bertz CT molecular complexity index is 2680. The fraction of sp³-hybridized carbons (Fsp3) is 0.587. The van der Waals surface area contributed by atoms with Crippen molar-refractivity contribution in [3.8, 4) is 23.0 Å². The number of phenols is 1. The van der Waals surface area contributed by atoms with Crippen LogP contribution in [0.4, 0.5) is 0 Å². The second-order valence-corrected chi connectivity index (χ2v) is 23.5. The van der Waals surface area contributed by atoms with Gasteiger partial charge in [0.1, 0.15) is 24.7 Å². The maximum Gasteiger partial charge on any atom is 0.246 e. The highest BCUT2D eigenvalue weighted by Gasteiger charge is 2.59. The molecule has 2 aromatic carbocycles. The number of nitrogens with zero attached hydrogens (tertiary/aromatic N) is 3. The molecule has 8 atom stereocenters. The van der Waals surface area contributed by atoms with E-state index in [9.17, 15) is 29.4 Å². The van der Waals surface area contributed by atoms with Crippen molar-refractivity contribution in [3.63, 3.8) is 0 Å². The molecule has 16 heteroatoms. The molecule has 3 saturated carbocycles. The first-order chi connectivity index (χ1) is 38.0. The summed E-state index contributed by atoms with van der Waals surface area (Å²) < 4.78 is 24.5. The number of aliphatic hydroxyl groups excluding tert-OH is 1. The van der Waals surface area contributed by atoms with E-state index in [1.165, 1.54) is 83.8 Å². The molecule has 0 spiro atoms. The van der Waals surface area contributed by atoms with Crippen LogP contribution in [0.5, 0.6) is 23.0 Å². The SMILES string of the molecule is COc1cc(/C=C/C(=O)/C=C(O)/C=C/c2ccc(OCc3cn(CCCCNC(=O)CCNC(=O)CCNC(=O)CO[C@H]4CC[C@@]5(C)C(=CC[C@H]6[C@@H]7CC[C@H]([C@H](C)CCCC(C)C)[C@@]7(C)CC[C@@H]65)C4)nn3)c(OC)c2)ccc1O. The number of nitrogens with one attached hydrogen (secondary N) is 3. The Labute approximate surface area is 468 Å². The van der Waals surface area contributed by atoms with Crippen LogP contribution in [-0.2, 0) is 37.1 Å². The molecule has 4 aliphatic carbocycles. The number of benzene rings is 2. The minimum Gasteiger partial charge on any atom is -0.508 e. The van der Waals surface area contributed by atoms with Crippen molar-refractivity contribution in [3.05, 3.63) is 95.1 Å². The van der Waals surface area contributed by atoms with Crippen molar-refractivity contribution in [2.24, 2.45) is 46.3 Å². The molecule has 1 aromatic heterocycles. The Kier molecular flexibility index (Phi) is 21.8. The normalized spacial score (nSPS) is 24.1. The highest BCUT2D eigenvalue weighted by molar-refractivity contribution is 6.02. The minimum atomic E-state index is -0.429. The van der Waals surface area contributed by atoms with Crippen molar-refractivity contribution in [1.29, 1.82) is 0 Å². The summed E-state index contributed by atoms with van der Waals surface area (Å²) in [5.74, 6) is 4.80. The van der Waals surface area contributed by atoms with Gasteiger partial charge in [0.25, 0.3) is 0 Å². The number of unbranched alkanes of at least 4 members (excludes halogenated alkanes) is 1. The standard InChI is InChI=1S/C63H88N6O10/c1-42(2)11-10-12-43(3)52-21-22-53-51-20-17-46-37-50(25-29-62(46,4)54(51)26-30-63(52,53)5)78-41-61(75)66-33-28-60(74)65-32-27-59(73)64-31-8-9-34-69-39-47(67-68-69)40-79-56-24-16-45(36-58(56)77-7)14-19-49(71)38-48(70)18-13-44-15-23-55(72)57(35-44)76-6/h13-19,23-24,35-36,38-39,42-43,50-54,71-72H,8-12,20-22,25-34,37,40-41H2,1-7H3,(H,64,73)(H,65,74)(H,66,75)/b18-13+,19-14+,49-38-/t43-,50+,51+,52-,53+,54+,62+,63-/m1/s1. The number of amides is 3. The Hall–Kier alpha value is -6.42. The third-order valence-corrected chi connectivity index (χ3v) is 17.7. The van der Waals surface area contributed by atoms with E-state index >= 15 is 0 Å². The van der Waals surface area contributed by atoms with Gasteiger partial charge >= 0.3 is 0 Å². The quantitative estimate of drug-likeness (QED) is 0.0144. The molecule has 3 aromatic rings. The molecule has 79 heavy (non-hydrogen) atoms. The van der Waals surface area contributed by atoms with Crippen molar-refractivity contribution >= 4 is 35.7 Å². The van der Waals surface area contributed by atoms with Crippen LogP contribution in [0.1, 0.15) is 148 Å². The summed E-state index contributed by atoms with van der Waals surface area (Å²) in [6.45, 7) is 14.1. The average molecular weight is 1090 g/mol. The Balaban J connectivity index is 0.709. The predicted molar refractivity (Wildman–Crippen MR) is 306 cm³/mol. The number of rotatable bonds is 29. The van der Waals surface area contributed by atoms with Crippen LogP contribution in [0, 0.1) is 46.3 Å². The lowest BCUT2D eigenvalue weighted by atomic mass is 9.47. The van der Waals surface area contributed by atoms with Crippen molar-refractivity contribution in [2.45, 2.75) is 150 Å². The number of aliphatic hydroxyl groups is 1. The molecule has 0 bridgehead atoms. The van der Waals surface area contributed by atoms with Crippen molar-refractivity contribution in [2.75, 3.05) is 40.5 Å². The average Bonchev–Trinajstić information content (AvgIpc) is 4.05. The van der Waals surface area contributed by atoms with Gasteiger partial charge in [-0.05, 0) is 158 Å². The van der Waals surface area contributed by atoms with Crippen LogP contribution >= 0.6 is 0 Å². The zero-order chi connectivity index (χ0) is 56.5. The topological polar surface area (TPSA) is 212 Å². The highest BCUT2D eigenvalue weighted by Crippen LogP contribution is 2.67. The zero-order valence-electron chi connectivity index (χ0n) is 47.9. The number of ketones is 1. The van der Waals surface area contributed by atoms with Gasteiger partial charge in [-0.2, -0.15) is 0 Å². The van der Waals surface area contributed by atoms with Crippen LogP contribution < -0.4 is 30.2 Å². The summed E-state index contributed by atoms with van der Waals surface area (Å²) in [4.78, 5) is 50.1. The first-order valence-electron chi connectivity index (χ1n) is 29.0. The van der Waals surface area contributed by atoms with Crippen LogP contribution in [0.25, 0.3) is 12.2 Å². The smallest absolute Gasteiger partial charge is 0.246 e. The molecular weight excluding hydrogens is 1000 g/mol. The van der Waals surface area contributed by atoms with Crippen LogP contribution in [0.15, 0.2) is 78.2 Å². The molecule has 0 unspecified atom stereocenters. The molecule has 1 heterocycles. The van der Waals surface area contributed by atoms with Crippen LogP contribution in [0.2, 0.25) is 0 Å². The van der Waals surface area contributed by atoms with Crippen LogP contribution in [-0.4, -0.2) is 95.3 Å². The number of phenolic OH excluding ortho intramolecular Hbond substituents is 1. The maximum absolute atomic E-state index is 12.8. The van der Waals surface area contributed by atoms with Gasteiger partial charge in [0.15, 0.2) is 28.8 Å². The second kappa shape index (κ2) is 28.6. The third-order valence-electron chi connectivity index (χ3n) is 17.7. The lowest BCUT2D eigenvalue weighted by molar-refractivity contribution is -0.129. The fourth-order valence-electron chi connectivity index (χ4n) is 13.4. The van der Waals surface area contributed by atoms with Gasteiger partial charge in [-0.15, -0.1) is 5.10 Å². The van der Waals surface area contributed by atoms with Gasteiger partial charge in [0.2, 0.25) is 17.7 Å². The molecule has 3 fully saturated rings. The number of carbonyl (C=O) groups excluding carboxylic acids is 4. The number of methoxy groups -OCH3 is 2. The number of carbonyl (C=O) groups is 4. The van der Waals surface area contributed by atoms with E-state index < -0.39 is 5.78 Å². The van der Waals surface area contributed by atoms with Gasteiger partial charge in [-0.1, -0.05) is 95.0 Å². The van der Waals surface area contributed by atoms with Crippen molar-refractivity contribution < 1.29 is 48.3 Å². The number of aryl methyl sites for hydroxylation is 1. The van der Waals surface area contributed by atoms with Gasteiger partial charge in [-0.3, -0.25) is 23.9 Å². The first-order valence-corrected chi connectivity index (χ1v) is 29.0. The van der Waals surface area contributed by atoms with Gasteiger partial charge < -0.3 is 45.1 Å². The largest absolute Gasteiger partial charge is 0.508 e. The molecule has 0 radical (unpaired) electrons. The third kappa shape index (κ3) is 16.6. The van der Waals surface area contributed by atoms with Crippen LogP contribution in [0.3, 0.4) is 0 Å². The first kappa shape index (κ1) is 60.2. The highest BCUT2D eigenvalue weighted by atomic mass is 16.5. The van der Waals surface area contributed by atoms with E-state index in [0.717, 1.165) is 73.7 Å². The molecule has 430 valence electrons. The van der Waals surface area contributed by atoms with Gasteiger partial charge in [-0.25, -0.2) is 0 Å². The molecule has 16 nitrogen and oxygen atoms in total. The summed E-state index contributed by atoms with van der Waals surface area (Å²) >= 11 is 0. The molecular formula is C63H88N6O10. The van der Waals surface area contributed by atoms with E-state index in [1.807, 2.05) is 0 Å². The summed E-state index contributed by atoms with van der Waals surface area (Å²) in [6.07, 6.45) is 26.9. The number of allylic oxidation sites excluding steroid dienone is 4. The maximum atomic E-state index is 12.8. The Morgan fingerprint density at radius 3 is 2.25 bits per heavy atom. The number of hydrogen-bond acceptors (Lipinski definition) is 12. The number of aromatic nitrogens is 3. The number of ether oxygens (including phenoxy) is 4. The van der Waals surface area contributed by atoms with E-state index in [-0.39, 0.29) is 85.6 Å². The molecule has 4 aliphatic rings. The number of hydrogen-bond donors (Lipinski definition) is 5. The predicted octanol–water partition coefficient (Wildman–Crippen LogP) is 10.7. The number of aromatic hydroxyl groups is 1. The van der Waals surface area contributed by atoms with E-state index in [1.54, 1.807) is 58.9 Å². The van der Waals surface area contributed by atoms with E-state index in [0.29, 0.717) is 46.8 Å². The summed E-state index contributed by atoms with van der Waals surface area (Å²) in [5.41, 5.74) is 4.23. The lowest BCUT2D eigenvalue weighted by Gasteiger charge is -2.58. The monoisotopic (exact) mass is 1090 g/mol. The number of fused-ring (bicyclic) bond motifs is 5. The van der Waals surface area contributed by atoms with Gasteiger partial charge in [0.05, 0.1) is 26.5 Å². The van der Waals surface area contributed by atoms with E-state index in [4.69, 9.17) is 18.9 Å². The van der Waals surface area contributed by atoms with Gasteiger partial charge in [0, 0.05) is 45.1 Å².